The van der Waals surface area contributed by atoms with Crippen molar-refractivity contribution in [2.45, 2.75) is 46.2 Å². The maximum absolute atomic E-state index is 5.76. The summed E-state index contributed by atoms with van der Waals surface area (Å²) in [5, 5.41) is 0. The van der Waals surface area contributed by atoms with Crippen LogP contribution in [-0.2, 0) is 11.3 Å². The van der Waals surface area contributed by atoms with E-state index >= 15 is 0 Å². The first-order valence-corrected chi connectivity index (χ1v) is 7.09. The third kappa shape index (κ3) is 4.48. The van der Waals surface area contributed by atoms with Gasteiger partial charge >= 0.3 is 0 Å². The molecule has 1 aromatic heterocycles. The Balaban J connectivity index is 3.04. The topological polar surface area (TPSA) is 51.4 Å². The van der Waals surface area contributed by atoms with E-state index in [1.54, 1.807) is 7.11 Å². The maximum Gasteiger partial charge on any atom is 0.129 e. The number of pyridine rings is 1. The zero-order chi connectivity index (χ0) is 14.3. The number of aryl methyl sites for hydroxylation is 1. The molecule has 0 aliphatic carbocycles. The lowest BCUT2D eigenvalue weighted by atomic mass is 10.1. The molecule has 0 atom stereocenters. The second kappa shape index (κ2) is 8.12. The number of rotatable bonds is 8. The number of aromatic nitrogens is 1. The van der Waals surface area contributed by atoms with Gasteiger partial charge in [0.25, 0.3) is 0 Å². The van der Waals surface area contributed by atoms with Crippen LogP contribution in [0.25, 0.3) is 0 Å². The van der Waals surface area contributed by atoms with Crippen LogP contribution in [0.4, 0.5) is 5.82 Å². The highest BCUT2D eigenvalue weighted by atomic mass is 16.5. The molecule has 1 aromatic rings. The second-order valence-electron chi connectivity index (χ2n) is 4.84. The van der Waals surface area contributed by atoms with Crippen LogP contribution in [0.1, 0.15) is 37.9 Å². The Bertz CT molecular complexity index is 378. The van der Waals surface area contributed by atoms with Crippen molar-refractivity contribution < 1.29 is 4.74 Å². The quantitative estimate of drug-likeness (QED) is 0.784. The van der Waals surface area contributed by atoms with E-state index in [9.17, 15) is 0 Å². The fourth-order valence-electron chi connectivity index (χ4n) is 2.39. The average Bonchev–Trinajstić information content (AvgIpc) is 2.42. The minimum absolute atomic E-state index is 0.495. The van der Waals surface area contributed by atoms with Gasteiger partial charge in [0.05, 0.1) is 6.61 Å². The smallest absolute Gasteiger partial charge is 0.129 e. The number of nitrogens with two attached hydrogens (primary N) is 1. The van der Waals surface area contributed by atoms with Gasteiger partial charge in [-0.2, -0.15) is 0 Å². The number of methoxy groups -OCH3 is 1. The average molecular weight is 265 g/mol. The van der Waals surface area contributed by atoms with E-state index in [0.717, 1.165) is 36.5 Å². The summed E-state index contributed by atoms with van der Waals surface area (Å²) in [6, 6.07) is 4.64. The van der Waals surface area contributed by atoms with E-state index in [0.29, 0.717) is 19.2 Å². The first-order valence-electron chi connectivity index (χ1n) is 7.09. The zero-order valence-electron chi connectivity index (χ0n) is 12.6. The molecule has 1 rings (SSSR count). The molecule has 0 unspecified atom stereocenters. The van der Waals surface area contributed by atoms with Crippen molar-refractivity contribution in [2.75, 3.05) is 25.2 Å². The lowest BCUT2D eigenvalue weighted by Crippen LogP contribution is -2.37. The van der Waals surface area contributed by atoms with Crippen LogP contribution in [0.5, 0.6) is 0 Å². The first kappa shape index (κ1) is 15.9. The monoisotopic (exact) mass is 265 g/mol. The Kier molecular flexibility index (Phi) is 6.81. The lowest BCUT2D eigenvalue weighted by Gasteiger charge is -2.32. The Labute approximate surface area is 117 Å². The fraction of sp³-hybridized carbons (Fsp3) is 0.667. The highest BCUT2D eigenvalue weighted by Gasteiger charge is 2.17. The van der Waals surface area contributed by atoms with Crippen molar-refractivity contribution in [3.8, 4) is 0 Å². The summed E-state index contributed by atoms with van der Waals surface area (Å²) in [4.78, 5) is 7.01. The molecule has 0 bridgehead atoms. The molecule has 2 N–H and O–H groups in total. The summed E-state index contributed by atoms with van der Waals surface area (Å²) in [7, 11) is 1.74. The van der Waals surface area contributed by atoms with Crippen LogP contribution < -0.4 is 10.6 Å². The zero-order valence-corrected chi connectivity index (χ0v) is 12.6. The van der Waals surface area contributed by atoms with Gasteiger partial charge in [-0.15, -0.1) is 0 Å². The highest BCUT2D eigenvalue weighted by molar-refractivity contribution is 5.43. The molecular weight excluding hydrogens is 238 g/mol. The van der Waals surface area contributed by atoms with Gasteiger partial charge in [-0.3, -0.25) is 0 Å². The Hall–Kier alpha value is -1.13. The summed E-state index contributed by atoms with van der Waals surface area (Å²) in [5.74, 6) is 1.02. The standard InChI is InChI=1S/C15H27N3O/c1-5-14(6-2)18(7-8-19-4)15-10-13(11-16)9-12(3)17-15/h9-10,14H,5-8,11,16H2,1-4H3. The molecule has 0 aromatic carbocycles. The molecule has 108 valence electrons. The normalized spacial score (nSPS) is 11.1. The molecule has 0 fully saturated rings. The fourth-order valence-corrected chi connectivity index (χ4v) is 2.39. The summed E-state index contributed by atoms with van der Waals surface area (Å²) < 4.78 is 5.23. The van der Waals surface area contributed by atoms with Crippen LogP contribution in [0.3, 0.4) is 0 Å². The number of nitrogens with zero attached hydrogens (tertiary/aromatic N) is 2. The predicted octanol–water partition coefficient (Wildman–Crippen LogP) is 2.49. The van der Waals surface area contributed by atoms with Gasteiger partial charge in [0.2, 0.25) is 0 Å². The molecule has 0 aliphatic rings. The second-order valence-corrected chi connectivity index (χ2v) is 4.84. The number of hydrogen-bond acceptors (Lipinski definition) is 4. The number of hydrogen-bond donors (Lipinski definition) is 1. The van der Waals surface area contributed by atoms with Crippen molar-refractivity contribution in [1.29, 1.82) is 0 Å². The van der Waals surface area contributed by atoms with Gasteiger partial charge in [-0.05, 0) is 37.5 Å². The van der Waals surface area contributed by atoms with Gasteiger partial charge in [0.15, 0.2) is 0 Å². The molecule has 0 saturated carbocycles. The van der Waals surface area contributed by atoms with Crippen molar-refractivity contribution >= 4 is 5.82 Å². The summed E-state index contributed by atoms with van der Waals surface area (Å²) in [6.45, 7) is 8.58. The van der Waals surface area contributed by atoms with Crippen molar-refractivity contribution in [3.63, 3.8) is 0 Å². The van der Waals surface area contributed by atoms with Gasteiger partial charge in [-0.25, -0.2) is 4.98 Å². The third-order valence-corrected chi connectivity index (χ3v) is 3.45. The minimum atomic E-state index is 0.495. The van der Waals surface area contributed by atoms with Crippen molar-refractivity contribution in [1.82, 2.24) is 4.98 Å². The van der Waals surface area contributed by atoms with E-state index in [2.05, 4.69) is 29.8 Å². The van der Waals surface area contributed by atoms with Crippen LogP contribution in [0, 0.1) is 6.92 Å². The largest absolute Gasteiger partial charge is 0.383 e. The van der Waals surface area contributed by atoms with Gasteiger partial charge < -0.3 is 15.4 Å². The molecule has 19 heavy (non-hydrogen) atoms. The summed E-state index contributed by atoms with van der Waals surface area (Å²) >= 11 is 0. The molecule has 1 heterocycles. The van der Waals surface area contributed by atoms with Gasteiger partial charge in [0.1, 0.15) is 5.82 Å². The van der Waals surface area contributed by atoms with E-state index in [1.807, 2.05) is 13.0 Å². The van der Waals surface area contributed by atoms with E-state index in [1.165, 1.54) is 0 Å². The van der Waals surface area contributed by atoms with Gasteiger partial charge in [0, 0.05) is 31.9 Å². The molecule has 4 heteroatoms. The van der Waals surface area contributed by atoms with Crippen LogP contribution in [-0.4, -0.2) is 31.3 Å². The van der Waals surface area contributed by atoms with Crippen LogP contribution in [0.15, 0.2) is 12.1 Å². The molecule has 0 amide bonds. The summed E-state index contributed by atoms with van der Waals surface area (Å²) in [5.41, 5.74) is 7.91. The maximum atomic E-state index is 5.76. The highest BCUT2D eigenvalue weighted by Crippen LogP contribution is 2.20. The third-order valence-electron chi connectivity index (χ3n) is 3.45. The Morgan fingerprint density at radius 1 is 1.32 bits per heavy atom. The van der Waals surface area contributed by atoms with Crippen molar-refractivity contribution in [3.05, 3.63) is 23.4 Å². The SMILES string of the molecule is CCC(CC)N(CCOC)c1cc(CN)cc(C)n1. The van der Waals surface area contributed by atoms with Crippen molar-refractivity contribution in [2.24, 2.45) is 5.73 Å². The van der Waals surface area contributed by atoms with Crippen LogP contribution in [0.2, 0.25) is 0 Å². The minimum Gasteiger partial charge on any atom is -0.383 e. The molecular formula is C15H27N3O. The van der Waals surface area contributed by atoms with E-state index < -0.39 is 0 Å². The van der Waals surface area contributed by atoms with E-state index in [-0.39, 0.29) is 0 Å². The molecule has 0 saturated heterocycles. The molecule has 4 nitrogen and oxygen atoms in total. The number of ether oxygens (including phenoxy) is 1. The molecule has 0 aliphatic heterocycles. The molecule has 0 radical (unpaired) electrons. The lowest BCUT2D eigenvalue weighted by molar-refractivity contribution is 0.202. The first-order chi connectivity index (χ1) is 9.15. The number of anilines is 1. The van der Waals surface area contributed by atoms with Crippen LogP contribution >= 0.6 is 0 Å². The Morgan fingerprint density at radius 2 is 2.00 bits per heavy atom. The summed E-state index contributed by atoms with van der Waals surface area (Å²) in [6.07, 6.45) is 2.21. The molecule has 0 spiro atoms. The van der Waals surface area contributed by atoms with E-state index in [4.69, 9.17) is 10.5 Å². The Morgan fingerprint density at radius 3 is 2.53 bits per heavy atom. The van der Waals surface area contributed by atoms with Gasteiger partial charge in [-0.1, -0.05) is 13.8 Å². The predicted molar refractivity (Wildman–Crippen MR) is 80.5 cm³/mol.